The number of aromatic nitrogens is 1. The van der Waals surface area contributed by atoms with E-state index in [1.54, 1.807) is 0 Å². The molecule has 2 aromatic rings. The minimum absolute atomic E-state index is 0.167. The summed E-state index contributed by atoms with van der Waals surface area (Å²) in [4.78, 5) is 3.31. The lowest BCUT2D eigenvalue weighted by atomic mass is 9.99. The Labute approximate surface area is 128 Å². The van der Waals surface area contributed by atoms with E-state index in [2.05, 4.69) is 4.98 Å². The van der Waals surface area contributed by atoms with Gasteiger partial charge in [0.05, 0.1) is 22.4 Å². The molecule has 0 aliphatic carbocycles. The Hall–Kier alpha value is -2.26. The normalized spacial score (nSPS) is 13.2. The molecule has 0 bridgehead atoms. The molecule has 0 saturated carbocycles. The van der Waals surface area contributed by atoms with E-state index in [4.69, 9.17) is 0 Å². The van der Waals surface area contributed by atoms with E-state index < -0.39 is 46.5 Å². The van der Waals surface area contributed by atoms with Crippen LogP contribution in [-0.4, -0.2) is 4.98 Å². The topological polar surface area (TPSA) is 12.9 Å². The van der Waals surface area contributed by atoms with Crippen LogP contribution in [0.2, 0.25) is 0 Å². The van der Waals surface area contributed by atoms with Crippen LogP contribution in [0.25, 0.3) is 11.3 Å². The first-order valence-electron chi connectivity index (χ1n) is 6.12. The van der Waals surface area contributed by atoms with E-state index in [1.165, 1.54) is 0 Å². The summed E-state index contributed by atoms with van der Waals surface area (Å²) in [6.45, 7) is 0. The van der Waals surface area contributed by atoms with E-state index in [-0.39, 0.29) is 18.2 Å². The number of halogens is 9. The molecule has 130 valence electrons. The van der Waals surface area contributed by atoms with Crippen LogP contribution in [0.4, 0.5) is 39.5 Å². The highest BCUT2D eigenvalue weighted by Crippen LogP contribution is 2.41. The molecule has 0 unspecified atom stereocenters. The molecule has 0 N–H and O–H groups in total. The molecule has 1 nitrogen and oxygen atoms in total. The molecule has 0 atom stereocenters. The van der Waals surface area contributed by atoms with Gasteiger partial charge in [-0.15, -0.1) is 0 Å². The van der Waals surface area contributed by atoms with Crippen LogP contribution >= 0.6 is 0 Å². The minimum Gasteiger partial charge on any atom is -0.256 e. The van der Waals surface area contributed by atoms with Crippen LogP contribution in [0.5, 0.6) is 0 Å². The Kier molecular flexibility index (Phi) is 4.28. The average Bonchev–Trinajstić information content (AvgIpc) is 2.44. The largest absolute Gasteiger partial charge is 0.418 e. The third kappa shape index (κ3) is 3.80. The zero-order valence-electron chi connectivity index (χ0n) is 11.3. The van der Waals surface area contributed by atoms with Gasteiger partial charge in [-0.3, -0.25) is 4.98 Å². The van der Waals surface area contributed by atoms with Gasteiger partial charge < -0.3 is 0 Å². The first kappa shape index (κ1) is 18.1. The summed E-state index contributed by atoms with van der Waals surface area (Å²) >= 11 is 0. The van der Waals surface area contributed by atoms with E-state index in [9.17, 15) is 39.5 Å². The van der Waals surface area contributed by atoms with Crippen molar-refractivity contribution in [1.29, 1.82) is 0 Å². The number of nitrogens with zero attached hydrogens (tertiary/aromatic N) is 1. The van der Waals surface area contributed by atoms with Crippen molar-refractivity contribution in [2.24, 2.45) is 0 Å². The highest BCUT2D eigenvalue weighted by molar-refractivity contribution is 5.66. The molecule has 24 heavy (non-hydrogen) atoms. The van der Waals surface area contributed by atoms with Crippen LogP contribution in [0.1, 0.15) is 16.7 Å². The fraction of sp³-hybridized carbons (Fsp3) is 0.214. The fourth-order valence-corrected chi connectivity index (χ4v) is 1.96. The van der Waals surface area contributed by atoms with Crippen molar-refractivity contribution in [2.75, 3.05) is 0 Å². The van der Waals surface area contributed by atoms with Gasteiger partial charge in [-0.05, 0) is 30.3 Å². The van der Waals surface area contributed by atoms with Crippen LogP contribution in [0, 0.1) is 0 Å². The smallest absolute Gasteiger partial charge is 0.256 e. The molecule has 0 fully saturated rings. The van der Waals surface area contributed by atoms with Crippen LogP contribution < -0.4 is 0 Å². The number of pyridine rings is 1. The van der Waals surface area contributed by atoms with Gasteiger partial charge in [-0.1, -0.05) is 0 Å². The van der Waals surface area contributed by atoms with Crippen molar-refractivity contribution >= 4 is 0 Å². The van der Waals surface area contributed by atoms with E-state index in [0.717, 1.165) is 12.3 Å². The quantitative estimate of drug-likeness (QED) is 0.586. The monoisotopic (exact) mass is 359 g/mol. The zero-order chi connectivity index (χ0) is 18.3. The van der Waals surface area contributed by atoms with Gasteiger partial charge in [-0.2, -0.15) is 39.5 Å². The maximum Gasteiger partial charge on any atom is 0.418 e. The predicted molar refractivity (Wildman–Crippen MR) is 64.7 cm³/mol. The first-order valence-corrected chi connectivity index (χ1v) is 6.12. The Morgan fingerprint density at radius 2 is 1.17 bits per heavy atom. The summed E-state index contributed by atoms with van der Waals surface area (Å²) in [6, 6.07) is 1.64. The molecule has 1 heterocycles. The zero-order valence-corrected chi connectivity index (χ0v) is 11.3. The second kappa shape index (κ2) is 5.67. The highest BCUT2D eigenvalue weighted by atomic mass is 19.4. The van der Waals surface area contributed by atoms with Crippen LogP contribution in [0.3, 0.4) is 0 Å². The van der Waals surface area contributed by atoms with Crippen molar-refractivity contribution in [2.45, 2.75) is 18.5 Å². The summed E-state index contributed by atoms with van der Waals surface area (Å²) in [5, 5.41) is 0. The van der Waals surface area contributed by atoms with Gasteiger partial charge in [0.1, 0.15) is 0 Å². The molecular formula is C14H6F9N. The Balaban J connectivity index is 2.77. The molecule has 0 spiro atoms. The van der Waals surface area contributed by atoms with Crippen molar-refractivity contribution in [3.63, 3.8) is 0 Å². The van der Waals surface area contributed by atoms with Gasteiger partial charge in [0, 0.05) is 11.8 Å². The highest BCUT2D eigenvalue weighted by Gasteiger charge is 2.39. The molecule has 10 heteroatoms. The first-order chi connectivity index (χ1) is 10.8. The summed E-state index contributed by atoms with van der Waals surface area (Å²) in [7, 11) is 0. The molecule has 0 aliphatic heterocycles. The molecule has 1 aromatic heterocycles. The summed E-state index contributed by atoms with van der Waals surface area (Å²) < 4.78 is 115. The van der Waals surface area contributed by atoms with Crippen LogP contribution in [0.15, 0.2) is 36.5 Å². The molecule has 0 aliphatic rings. The minimum atomic E-state index is -5.16. The molecule has 1 aromatic carbocycles. The van der Waals surface area contributed by atoms with E-state index >= 15 is 0 Å². The maximum absolute atomic E-state index is 12.9. The second-order valence-corrected chi connectivity index (χ2v) is 4.69. The second-order valence-electron chi connectivity index (χ2n) is 4.69. The van der Waals surface area contributed by atoms with E-state index in [0.29, 0.717) is 6.07 Å². The van der Waals surface area contributed by atoms with Crippen molar-refractivity contribution in [3.05, 3.63) is 53.2 Å². The number of hydrogen-bond acceptors (Lipinski definition) is 1. The molecule has 0 radical (unpaired) electrons. The van der Waals surface area contributed by atoms with Crippen LogP contribution in [-0.2, 0) is 18.5 Å². The van der Waals surface area contributed by atoms with E-state index in [1.807, 2.05) is 0 Å². The lowest BCUT2D eigenvalue weighted by Gasteiger charge is -2.16. The van der Waals surface area contributed by atoms with Gasteiger partial charge in [0.25, 0.3) is 0 Å². The Morgan fingerprint density at radius 1 is 0.667 bits per heavy atom. The van der Waals surface area contributed by atoms with Crippen molar-refractivity contribution in [1.82, 2.24) is 4.98 Å². The molecular weight excluding hydrogens is 353 g/mol. The molecule has 0 saturated heterocycles. The molecule has 2 rings (SSSR count). The third-order valence-corrected chi connectivity index (χ3v) is 2.97. The number of alkyl halides is 9. The summed E-state index contributed by atoms with van der Waals surface area (Å²) in [5.74, 6) is 0. The van der Waals surface area contributed by atoms with Gasteiger partial charge in [0.15, 0.2) is 0 Å². The average molecular weight is 359 g/mol. The number of benzene rings is 1. The van der Waals surface area contributed by atoms with Crippen molar-refractivity contribution < 1.29 is 39.5 Å². The number of rotatable bonds is 1. The Morgan fingerprint density at radius 3 is 1.58 bits per heavy atom. The summed E-state index contributed by atoms with van der Waals surface area (Å²) in [5.41, 5.74) is -6.80. The van der Waals surface area contributed by atoms with Gasteiger partial charge in [0.2, 0.25) is 0 Å². The third-order valence-electron chi connectivity index (χ3n) is 2.97. The molecule has 0 amide bonds. The van der Waals surface area contributed by atoms with Gasteiger partial charge in [-0.25, -0.2) is 0 Å². The lowest BCUT2D eigenvalue weighted by molar-refractivity contribution is -0.143. The summed E-state index contributed by atoms with van der Waals surface area (Å²) in [6.07, 6.45) is -14.5. The predicted octanol–water partition coefficient (Wildman–Crippen LogP) is 5.81. The van der Waals surface area contributed by atoms with Crippen molar-refractivity contribution in [3.8, 4) is 11.3 Å². The SMILES string of the molecule is FC(F)(F)c1cc(-c2ncccc2C(F)(F)F)cc(C(F)(F)F)c1. The van der Waals surface area contributed by atoms with Gasteiger partial charge >= 0.3 is 18.5 Å². The standard InChI is InChI=1S/C14H6F9N/c15-12(16,17)8-4-7(5-9(6-8)13(18,19)20)11-10(14(21,22)23)2-1-3-24-11/h1-6H. The fourth-order valence-electron chi connectivity index (χ4n) is 1.96. The Bertz CT molecular complexity index is 709. The lowest BCUT2D eigenvalue weighted by Crippen LogP contribution is -2.12. The number of hydrogen-bond donors (Lipinski definition) is 0. The maximum atomic E-state index is 12.9.